The summed E-state index contributed by atoms with van der Waals surface area (Å²) in [6, 6.07) is 7.31. The SMILES string of the molecule is CCOCCN(C)CCOc1cc(C(=O)Nc2ccc(C)c(NC)c2)nc(N2CCOCC2)n1. The van der Waals surface area contributed by atoms with Crippen LogP contribution in [0.25, 0.3) is 0 Å². The fourth-order valence-corrected chi connectivity index (χ4v) is 3.45. The first kappa shape index (κ1) is 25.7. The van der Waals surface area contributed by atoms with Crippen LogP contribution in [0.3, 0.4) is 0 Å². The van der Waals surface area contributed by atoms with E-state index in [0.29, 0.717) is 70.2 Å². The van der Waals surface area contributed by atoms with Gasteiger partial charge in [0.25, 0.3) is 5.91 Å². The number of nitrogens with zero attached hydrogens (tertiary/aromatic N) is 4. The van der Waals surface area contributed by atoms with Gasteiger partial charge in [-0.15, -0.1) is 0 Å². The van der Waals surface area contributed by atoms with Crippen LogP contribution < -0.4 is 20.3 Å². The van der Waals surface area contributed by atoms with Crippen molar-refractivity contribution in [2.45, 2.75) is 13.8 Å². The molecular formula is C24H36N6O4. The van der Waals surface area contributed by atoms with E-state index in [1.54, 1.807) is 6.07 Å². The number of carbonyl (C=O) groups excluding carboxylic acids is 1. The molecule has 0 atom stereocenters. The van der Waals surface area contributed by atoms with Crippen molar-refractivity contribution in [2.24, 2.45) is 0 Å². The minimum Gasteiger partial charge on any atom is -0.476 e. The number of nitrogens with one attached hydrogen (secondary N) is 2. The molecule has 1 aromatic carbocycles. The van der Waals surface area contributed by atoms with Gasteiger partial charge in [-0.25, -0.2) is 4.98 Å². The Morgan fingerprint density at radius 2 is 1.94 bits per heavy atom. The van der Waals surface area contributed by atoms with E-state index in [4.69, 9.17) is 14.2 Å². The average molecular weight is 473 g/mol. The fraction of sp³-hybridized carbons (Fsp3) is 0.542. The number of rotatable bonds is 12. The van der Waals surface area contributed by atoms with Crippen molar-refractivity contribution in [2.75, 3.05) is 88.8 Å². The number of hydrogen-bond acceptors (Lipinski definition) is 9. The minimum absolute atomic E-state index is 0.253. The van der Waals surface area contributed by atoms with Gasteiger partial charge in [0.1, 0.15) is 12.3 Å². The molecule has 1 amide bonds. The summed E-state index contributed by atoms with van der Waals surface area (Å²) in [5.41, 5.74) is 2.98. The Morgan fingerprint density at radius 3 is 2.68 bits per heavy atom. The molecule has 10 nitrogen and oxygen atoms in total. The minimum atomic E-state index is -0.318. The molecule has 1 aliphatic rings. The maximum atomic E-state index is 13.1. The number of morpholine rings is 1. The zero-order valence-corrected chi connectivity index (χ0v) is 20.6. The highest BCUT2D eigenvalue weighted by atomic mass is 16.5. The van der Waals surface area contributed by atoms with Crippen LogP contribution in [0.15, 0.2) is 24.3 Å². The number of carbonyl (C=O) groups is 1. The van der Waals surface area contributed by atoms with Gasteiger partial charge in [0.05, 0.1) is 19.8 Å². The number of ether oxygens (including phenoxy) is 3. The molecule has 0 saturated carbocycles. The van der Waals surface area contributed by atoms with Gasteiger partial charge in [0.2, 0.25) is 11.8 Å². The summed E-state index contributed by atoms with van der Waals surface area (Å²) in [7, 11) is 3.87. The Hall–Kier alpha value is -2.95. The molecule has 0 radical (unpaired) electrons. The van der Waals surface area contributed by atoms with E-state index in [1.165, 1.54) is 0 Å². The van der Waals surface area contributed by atoms with Gasteiger partial charge < -0.3 is 34.6 Å². The number of likely N-dealkylation sites (N-methyl/N-ethyl adjacent to an activating group) is 1. The Kier molecular flexibility index (Phi) is 9.87. The maximum Gasteiger partial charge on any atom is 0.274 e. The highest BCUT2D eigenvalue weighted by Crippen LogP contribution is 2.22. The average Bonchev–Trinajstić information content (AvgIpc) is 2.85. The third kappa shape index (κ3) is 7.54. The molecule has 10 heteroatoms. The number of anilines is 3. The van der Waals surface area contributed by atoms with Crippen LogP contribution in [0.2, 0.25) is 0 Å². The lowest BCUT2D eigenvalue weighted by atomic mass is 10.2. The quantitative estimate of drug-likeness (QED) is 0.451. The Bertz CT molecular complexity index is 936. The van der Waals surface area contributed by atoms with E-state index >= 15 is 0 Å². The largest absolute Gasteiger partial charge is 0.476 e. The summed E-state index contributed by atoms with van der Waals surface area (Å²) < 4.78 is 16.8. The van der Waals surface area contributed by atoms with E-state index in [9.17, 15) is 4.79 Å². The number of amides is 1. The van der Waals surface area contributed by atoms with Crippen LogP contribution in [0, 0.1) is 6.92 Å². The molecule has 1 aliphatic heterocycles. The van der Waals surface area contributed by atoms with Crippen LogP contribution in [0.4, 0.5) is 17.3 Å². The van der Waals surface area contributed by atoms with Gasteiger partial charge >= 0.3 is 0 Å². The molecule has 2 heterocycles. The summed E-state index contributed by atoms with van der Waals surface area (Å²) in [5.74, 6) is 0.525. The van der Waals surface area contributed by atoms with Crippen molar-refractivity contribution < 1.29 is 19.0 Å². The first-order chi connectivity index (χ1) is 16.5. The van der Waals surface area contributed by atoms with Crippen molar-refractivity contribution in [3.05, 3.63) is 35.5 Å². The van der Waals surface area contributed by atoms with Crippen LogP contribution >= 0.6 is 0 Å². The molecule has 1 saturated heterocycles. The van der Waals surface area contributed by atoms with E-state index < -0.39 is 0 Å². The first-order valence-electron chi connectivity index (χ1n) is 11.7. The second-order valence-corrected chi connectivity index (χ2v) is 8.07. The predicted octanol–water partition coefficient (Wildman–Crippen LogP) is 2.26. The van der Waals surface area contributed by atoms with Gasteiger partial charge in [-0.3, -0.25) is 4.79 Å². The third-order valence-corrected chi connectivity index (χ3v) is 5.53. The third-order valence-electron chi connectivity index (χ3n) is 5.53. The Morgan fingerprint density at radius 1 is 1.18 bits per heavy atom. The molecule has 34 heavy (non-hydrogen) atoms. The van der Waals surface area contributed by atoms with E-state index in [2.05, 4.69) is 25.5 Å². The van der Waals surface area contributed by atoms with Crippen LogP contribution in [0.1, 0.15) is 23.0 Å². The van der Waals surface area contributed by atoms with Gasteiger partial charge in [-0.05, 0) is 38.6 Å². The zero-order chi connectivity index (χ0) is 24.3. The summed E-state index contributed by atoms with van der Waals surface area (Å²) in [6.07, 6.45) is 0. The Labute approximate surface area is 201 Å². The predicted molar refractivity (Wildman–Crippen MR) is 133 cm³/mol. The van der Waals surface area contributed by atoms with Crippen molar-refractivity contribution in [3.63, 3.8) is 0 Å². The summed E-state index contributed by atoms with van der Waals surface area (Å²) >= 11 is 0. The summed E-state index contributed by atoms with van der Waals surface area (Å²) in [4.78, 5) is 26.3. The maximum absolute atomic E-state index is 13.1. The van der Waals surface area contributed by atoms with Crippen molar-refractivity contribution in [3.8, 4) is 5.88 Å². The summed E-state index contributed by atoms with van der Waals surface area (Å²) in [5, 5.41) is 6.06. The first-order valence-corrected chi connectivity index (χ1v) is 11.7. The molecule has 0 unspecified atom stereocenters. The molecule has 1 fully saturated rings. The lowest BCUT2D eigenvalue weighted by Gasteiger charge is -2.27. The van der Waals surface area contributed by atoms with Crippen molar-refractivity contribution >= 4 is 23.2 Å². The number of aromatic nitrogens is 2. The lowest BCUT2D eigenvalue weighted by Crippen LogP contribution is -2.37. The molecule has 0 spiro atoms. The van der Waals surface area contributed by atoms with Crippen LogP contribution in [-0.4, -0.2) is 94.1 Å². The van der Waals surface area contributed by atoms with Gasteiger partial charge in [-0.2, -0.15) is 4.98 Å². The van der Waals surface area contributed by atoms with Gasteiger partial charge in [0.15, 0.2) is 0 Å². The fourth-order valence-electron chi connectivity index (χ4n) is 3.45. The highest BCUT2D eigenvalue weighted by Gasteiger charge is 2.19. The second-order valence-electron chi connectivity index (χ2n) is 8.07. The summed E-state index contributed by atoms with van der Waals surface area (Å²) in [6.45, 7) is 9.85. The van der Waals surface area contributed by atoms with E-state index in [1.807, 2.05) is 51.0 Å². The molecule has 0 bridgehead atoms. The van der Waals surface area contributed by atoms with Gasteiger partial charge in [-0.1, -0.05) is 6.07 Å². The molecular weight excluding hydrogens is 436 g/mol. The van der Waals surface area contributed by atoms with Crippen molar-refractivity contribution in [1.82, 2.24) is 14.9 Å². The van der Waals surface area contributed by atoms with Gasteiger partial charge in [0, 0.05) is 57.3 Å². The zero-order valence-electron chi connectivity index (χ0n) is 20.6. The topological polar surface area (TPSA) is 101 Å². The number of aryl methyl sites for hydroxylation is 1. The highest BCUT2D eigenvalue weighted by molar-refractivity contribution is 6.03. The van der Waals surface area contributed by atoms with E-state index in [-0.39, 0.29) is 11.6 Å². The van der Waals surface area contributed by atoms with Crippen LogP contribution in [0.5, 0.6) is 5.88 Å². The number of hydrogen-bond donors (Lipinski definition) is 2. The number of benzene rings is 1. The Balaban J connectivity index is 1.72. The lowest BCUT2D eigenvalue weighted by molar-refractivity contribution is 0.102. The molecule has 0 aliphatic carbocycles. The normalized spacial score (nSPS) is 13.7. The molecule has 1 aromatic heterocycles. The smallest absolute Gasteiger partial charge is 0.274 e. The van der Waals surface area contributed by atoms with Crippen molar-refractivity contribution in [1.29, 1.82) is 0 Å². The molecule has 3 rings (SSSR count). The molecule has 2 N–H and O–H groups in total. The standard InChI is InChI=1S/C24H36N6O4/c1-5-32-12-8-29(4)9-15-34-22-17-21(27-24(28-22)30-10-13-33-14-11-30)23(31)26-19-7-6-18(2)20(16-19)25-3/h6-7,16-17,25H,5,8-15H2,1-4H3,(H,26,31). The second kappa shape index (κ2) is 13.1. The molecule has 2 aromatic rings. The van der Waals surface area contributed by atoms with Crippen LogP contribution in [-0.2, 0) is 9.47 Å². The monoisotopic (exact) mass is 472 g/mol. The van der Waals surface area contributed by atoms with E-state index in [0.717, 1.165) is 17.8 Å². The molecule has 186 valence electrons.